The lowest BCUT2D eigenvalue weighted by molar-refractivity contribution is -0.127. The zero-order chi connectivity index (χ0) is 13.0. The van der Waals surface area contributed by atoms with Crippen molar-refractivity contribution in [3.63, 3.8) is 0 Å². The molecule has 2 amide bonds. The molecule has 0 saturated carbocycles. The number of carbonyl (C=O) groups excluding carboxylic acids is 2. The third kappa shape index (κ3) is 3.29. The summed E-state index contributed by atoms with van der Waals surface area (Å²) in [6.07, 6.45) is 3.68. The maximum absolute atomic E-state index is 11.7. The van der Waals surface area contributed by atoms with Gasteiger partial charge in [0.15, 0.2) is 0 Å². The summed E-state index contributed by atoms with van der Waals surface area (Å²) in [6, 6.07) is 3.42. The molecule has 1 atom stereocenters. The van der Waals surface area contributed by atoms with Crippen LogP contribution in [0.2, 0.25) is 0 Å². The van der Waals surface area contributed by atoms with Crippen LogP contribution >= 0.6 is 15.9 Å². The SMILES string of the molecule is O=C(NCCN1CC(Br)CC1=O)c1cccnc1. The Kier molecular flexibility index (Phi) is 4.30. The van der Waals surface area contributed by atoms with Gasteiger partial charge in [-0.05, 0) is 12.1 Å². The highest BCUT2D eigenvalue weighted by Crippen LogP contribution is 2.17. The van der Waals surface area contributed by atoms with Crippen LogP contribution in [0, 0.1) is 0 Å². The van der Waals surface area contributed by atoms with Crippen LogP contribution in [0.5, 0.6) is 0 Å². The monoisotopic (exact) mass is 311 g/mol. The second kappa shape index (κ2) is 5.95. The molecule has 1 fully saturated rings. The van der Waals surface area contributed by atoms with Gasteiger partial charge in [-0.25, -0.2) is 0 Å². The number of halogens is 1. The van der Waals surface area contributed by atoms with Crippen molar-refractivity contribution >= 4 is 27.7 Å². The second-order valence-electron chi connectivity index (χ2n) is 4.14. The molecule has 0 aromatic carbocycles. The van der Waals surface area contributed by atoms with E-state index in [4.69, 9.17) is 0 Å². The van der Waals surface area contributed by atoms with E-state index in [0.29, 0.717) is 31.6 Å². The lowest BCUT2D eigenvalue weighted by Crippen LogP contribution is -2.35. The van der Waals surface area contributed by atoms with Crippen molar-refractivity contribution in [2.24, 2.45) is 0 Å². The number of carbonyl (C=O) groups is 2. The summed E-state index contributed by atoms with van der Waals surface area (Å²) >= 11 is 3.42. The van der Waals surface area contributed by atoms with Crippen LogP contribution in [0.15, 0.2) is 24.5 Å². The molecule has 2 heterocycles. The molecular weight excluding hydrogens is 298 g/mol. The van der Waals surface area contributed by atoms with Gasteiger partial charge in [-0.2, -0.15) is 0 Å². The van der Waals surface area contributed by atoms with Crippen LogP contribution in [-0.4, -0.2) is 46.2 Å². The lowest BCUT2D eigenvalue weighted by atomic mass is 10.3. The molecule has 18 heavy (non-hydrogen) atoms. The maximum atomic E-state index is 11.7. The number of hydrogen-bond acceptors (Lipinski definition) is 3. The summed E-state index contributed by atoms with van der Waals surface area (Å²) in [5.74, 6) is -0.0300. The van der Waals surface area contributed by atoms with E-state index < -0.39 is 0 Å². The number of likely N-dealkylation sites (tertiary alicyclic amines) is 1. The fourth-order valence-corrected chi connectivity index (χ4v) is 2.47. The van der Waals surface area contributed by atoms with E-state index in [1.807, 2.05) is 0 Å². The Morgan fingerprint density at radius 2 is 2.44 bits per heavy atom. The number of hydrogen-bond donors (Lipinski definition) is 1. The zero-order valence-corrected chi connectivity index (χ0v) is 11.4. The third-order valence-corrected chi connectivity index (χ3v) is 3.37. The smallest absolute Gasteiger partial charge is 0.252 e. The molecule has 5 nitrogen and oxygen atoms in total. The van der Waals surface area contributed by atoms with Crippen LogP contribution in [0.1, 0.15) is 16.8 Å². The third-order valence-electron chi connectivity index (χ3n) is 2.76. The van der Waals surface area contributed by atoms with Crippen molar-refractivity contribution in [3.8, 4) is 0 Å². The molecule has 6 heteroatoms. The average molecular weight is 312 g/mol. The molecule has 1 aromatic heterocycles. The number of rotatable bonds is 4. The van der Waals surface area contributed by atoms with Crippen LogP contribution in [0.4, 0.5) is 0 Å². The summed E-state index contributed by atoms with van der Waals surface area (Å²) in [5, 5.41) is 2.77. The van der Waals surface area contributed by atoms with E-state index in [1.54, 1.807) is 23.2 Å². The number of amides is 2. The van der Waals surface area contributed by atoms with Gasteiger partial charge in [-0.1, -0.05) is 15.9 Å². The Balaban J connectivity index is 1.76. The standard InChI is InChI=1S/C12H14BrN3O2/c13-10-6-11(17)16(8-10)5-4-15-12(18)9-2-1-3-14-7-9/h1-3,7,10H,4-6,8H2,(H,15,18). The minimum absolute atomic E-state index is 0.132. The summed E-state index contributed by atoms with van der Waals surface area (Å²) < 4.78 is 0. The molecule has 96 valence electrons. The molecule has 1 saturated heterocycles. The molecule has 1 N–H and O–H groups in total. The zero-order valence-electron chi connectivity index (χ0n) is 9.80. The van der Waals surface area contributed by atoms with Crippen molar-refractivity contribution in [3.05, 3.63) is 30.1 Å². The quantitative estimate of drug-likeness (QED) is 0.837. The highest BCUT2D eigenvalue weighted by Gasteiger charge is 2.26. The van der Waals surface area contributed by atoms with Gasteiger partial charge in [-0.15, -0.1) is 0 Å². The van der Waals surface area contributed by atoms with Gasteiger partial charge in [0.05, 0.1) is 5.56 Å². The fourth-order valence-electron chi connectivity index (χ4n) is 1.84. The first-order chi connectivity index (χ1) is 8.66. The molecule has 0 radical (unpaired) electrons. The van der Waals surface area contributed by atoms with Crippen molar-refractivity contribution < 1.29 is 9.59 Å². The van der Waals surface area contributed by atoms with E-state index in [2.05, 4.69) is 26.2 Å². The molecule has 1 aromatic rings. The molecule has 0 bridgehead atoms. The Hall–Kier alpha value is -1.43. The lowest BCUT2D eigenvalue weighted by Gasteiger charge is -2.15. The van der Waals surface area contributed by atoms with Crippen molar-refractivity contribution in [1.82, 2.24) is 15.2 Å². The Morgan fingerprint density at radius 1 is 1.61 bits per heavy atom. The van der Waals surface area contributed by atoms with E-state index in [1.165, 1.54) is 6.20 Å². The Morgan fingerprint density at radius 3 is 3.06 bits per heavy atom. The number of alkyl halides is 1. The maximum Gasteiger partial charge on any atom is 0.252 e. The predicted molar refractivity (Wildman–Crippen MR) is 70.5 cm³/mol. The van der Waals surface area contributed by atoms with Gasteiger partial charge >= 0.3 is 0 Å². The van der Waals surface area contributed by atoms with Crippen LogP contribution in [-0.2, 0) is 4.79 Å². The molecule has 0 spiro atoms. The van der Waals surface area contributed by atoms with E-state index in [9.17, 15) is 9.59 Å². The second-order valence-corrected chi connectivity index (χ2v) is 5.43. The van der Waals surface area contributed by atoms with Gasteiger partial charge in [0.2, 0.25) is 5.91 Å². The van der Waals surface area contributed by atoms with Gasteiger partial charge in [-0.3, -0.25) is 14.6 Å². The number of nitrogens with zero attached hydrogens (tertiary/aromatic N) is 2. The molecular formula is C12H14BrN3O2. The minimum atomic E-state index is -0.162. The van der Waals surface area contributed by atoms with Crippen LogP contribution in [0.3, 0.4) is 0 Å². The number of pyridine rings is 1. The van der Waals surface area contributed by atoms with Gasteiger partial charge in [0.25, 0.3) is 5.91 Å². The largest absolute Gasteiger partial charge is 0.350 e. The van der Waals surface area contributed by atoms with Crippen molar-refractivity contribution in [1.29, 1.82) is 0 Å². The number of nitrogens with one attached hydrogen (secondary N) is 1. The van der Waals surface area contributed by atoms with E-state index in [0.717, 1.165) is 0 Å². The fraction of sp³-hybridized carbons (Fsp3) is 0.417. The van der Waals surface area contributed by atoms with Gasteiger partial charge in [0.1, 0.15) is 0 Å². The molecule has 2 rings (SSSR count). The van der Waals surface area contributed by atoms with Crippen molar-refractivity contribution in [2.75, 3.05) is 19.6 Å². The van der Waals surface area contributed by atoms with E-state index in [-0.39, 0.29) is 16.6 Å². The topological polar surface area (TPSA) is 62.3 Å². The average Bonchev–Trinajstić information content (AvgIpc) is 2.69. The van der Waals surface area contributed by atoms with E-state index >= 15 is 0 Å². The summed E-state index contributed by atoms with van der Waals surface area (Å²) in [7, 11) is 0. The first kappa shape index (κ1) is 13.0. The van der Waals surface area contributed by atoms with Gasteiger partial charge < -0.3 is 10.2 Å². The molecule has 1 aliphatic rings. The molecule has 1 unspecified atom stereocenters. The first-order valence-electron chi connectivity index (χ1n) is 5.77. The van der Waals surface area contributed by atoms with Crippen LogP contribution in [0.25, 0.3) is 0 Å². The molecule has 1 aliphatic heterocycles. The summed E-state index contributed by atoms with van der Waals surface area (Å²) in [5.41, 5.74) is 0.531. The number of aromatic nitrogens is 1. The Labute approximate surface area is 114 Å². The first-order valence-corrected chi connectivity index (χ1v) is 6.68. The Bertz CT molecular complexity index is 438. The van der Waals surface area contributed by atoms with Crippen LogP contribution < -0.4 is 5.32 Å². The summed E-state index contributed by atoms with van der Waals surface area (Å²) in [4.78, 5) is 29.1. The summed E-state index contributed by atoms with van der Waals surface area (Å²) in [6.45, 7) is 1.72. The minimum Gasteiger partial charge on any atom is -0.350 e. The highest BCUT2D eigenvalue weighted by molar-refractivity contribution is 9.09. The normalized spacial score (nSPS) is 19.1. The molecule has 0 aliphatic carbocycles. The predicted octanol–water partition coefficient (Wildman–Crippen LogP) is 0.807. The van der Waals surface area contributed by atoms with Crippen molar-refractivity contribution in [2.45, 2.75) is 11.2 Å². The highest BCUT2D eigenvalue weighted by atomic mass is 79.9. The van der Waals surface area contributed by atoms with Gasteiger partial charge in [0, 0.05) is 43.3 Å².